The summed E-state index contributed by atoms with van der Waals surface area (Å²) in [7, 11) is -4.97. The van der Waals surface area contributed by atoms with Crippen LogP contribution in [0, 0.1) is 0 Å². The van der Waals surface area contributed by atoms with Crippen molar-refractivity contribution < 1.29 is 51.2 Å². The number of ether oxygens (including phenoxy) is 2. The zero-order valence-corrected chi connectivity index (χ0v) is 23.8. The van der Waals surface area contributed by atoms with Crippen LogP contribution in [0.4, 0.5) is 4.79 Å². The van der Waals surface area contributed by atoms with Crippen LogP contribution in [0.5, 0.6) is 5.75 Å². The molecule has 1 atom stereocenters. The van der Waals surface area contributed by atoms with Crippen LogP contribution in [0.1, 0.15) is 45.5 Å². The quantitative estimate of drug-likeness (QED) is 0.0791. The zero-order valence-electron chi connectivity index (χ0n) is 23.0. The first-order valence-corrected chi connectivity index (χ1v) is 14.3. The van der Waals surface area contributed by atoms with Crippen LogP contribution in [0.25, 0.3) is 33.4 Å². The Bertz CT molecular complexity index is 1910. The molecule has 2 N–H and O–H groups in total. The van der Waals surface area contributed by atoms with E-state index in [1.807, 2.05) is 0 Å². The highest BCUT2D eigenvalue weighted by molar-refractivity contribution is 7.86. The lowest BCUT2D eigenvalue weighted by molar-refractivity contribution is -0.247. The summed E-state index contributed by atoms with van der Waals surface area (Å²) in [6, 6.07) is 11.6. The maximum atomic E-state index is 12.6. The van der Waals surface area contributed by atoms with Crippen LogP contribution in [-0.4, -0.2) is 46.7 Å². The van der Waals surface area contributed by atoms with Crippen LogP contribution in [0.15, 0.2) is 68.7 Å². The molecule has 3 aliphatic rings. The molecule has 1 aliphatic carbocycles. The largest absolute Gasteiger partial charge is 0.514 e. The molecule has 224 valence electrons. The van der Waals surface area contributed by atoms with Gasteiger partial charge < -0.3 is 19.0 Å². The van der Waals surface area contributed by atoms with E-state index in [2.05, 4.69) is 0 Å². The number of imide groups is 1. The van der Waals surface area contributed by atoms with Crippen molar-refractivity contribution >= 4 is 39.1 Å². The Morgan fingerprint density at radius 3 is 2.28 bits per heavy atom. The highest BCUT2D eigenvalue weighted by Gasteiger charge is 2.33. The minimum absolute atomic E-state index is 0.0331. The van der Waals surface area contributed by atoms with Gasteiger partial charge in [0.25, 0.3) is 21.9 Å². The number of carbonyl (C=O) groups excluding carboxylic acids is 3. The molecule has 0 saturated carbocycles. The average molecular weight is 612 g/mol. The molecule has 1 fully saturated rings. The Morgan fingerprint density at radius 1 is 0.953 bits per heavy atom. The van der Waals surface area contributed by atoms with Gasteiger partial charge in [0, 0.05) is 52.6 Å². The van der Waals surface area contributed by atoms with Crippen LogP contribution in [0.3, 0.4) is 0 Å². The number of fused-ring (bicyclic) bond motifs is 2. The summed E-state index contributed by atoms with van der Waals surface area (Å²) in [6.07, 6.45) is -3.11. The number of hydroxylamine groups is 2. The summed E-state index contributed by atoms with van der Waals surface area (Å²) in [4.78, 5) is 52.6. The van der Waals surface area contributed by atoms with Crippen LogP contribution < -0.4 is 10.2 Å². The molecule has 2 aromatic rings. The third-order valence-electron chi connectivity index (χ3n) is 6.30. The lowest BCUT2D eigenvalue weighted by Gasteiger charge is -2.21. The molecular formula is C29H25NO12S. The van der Waals surface area contributed by atoms with Crippen molar-refractivity contribution in [3.63, 3.8) is 0 Å². The molecule has 2 aromatic carbocycles. The molecule has 0 bridgehead atoms. The summed E-state index contributed by atoms with van der Waals surface area (Å²) in [5.74, 6) is -1.25. The van der Waals surface area contributed by atoms with Crippen LogP contribution in [0.2, 0.25) is 0 Å². The zero-order chi connectivity index (χ0) is 31.3. The van der Waals surface area contributed by atoms with Crippen molar-refractivity contribution in [3.8, 4) is 28.2 Å². The summed E-state index contributed by atoms with van der Waals surface area (Å²) >= 11 is 0. The second-order valence-electron chi connectivity index (χ2n) is 10.6. The van der Waals surface area contributed by atoms with E-state index in [9.17, 15) is 37.3 Å². The first-order valence-electron chi connectivity index (χ1n) is 12.8. The number of rotatable bonds is 6. The first kappa shape index (κ1) is 29.8. The number of hydrogen-bond donors (Lipinski definition) is 2. The number of amides is 2. The lowest BCUT2D eigenvalue weighted by atomic mass is 9.93. The minimum atomic E-state index is -4.97. The fraction of sp³-hybridized carbons (Fsp3) is 0.241. The van der Waals surface area contributed by atoms with Gasteiger partial charge in [-0.1, -0.05) is 12.1 Å². The molecule has 2 aliphatic heterocycles. The van der Waals surface area contributed by atoms with Gasteiger partial charge >= 0.3 is 6.16 Å². The standard InChI is InChI=1S/C29H25NO12S/c1-29(2,3)41-28(35)39-17-6-9-19-22(14-17)40-21-13-16(31)5-8-18(21)26(19)20-7-4-15(12-23(20)43(36,37)38)27(34)42-30-24(32)10-11-25(30)33/h4-9,12-14,27,34H,10-11H2,1-3H3,(H,36,37,38). The number of benzene rings is 3. The van der Waals surface area contributed by atoms with Gasteiger partial charge in [0.05, 0.1) is 0 Å². The Balaban J connectivity index is 1.65. The fourth-order valence-electron chi connectivity index (χ4n) is 4.52. The average Bonchev–Trinajstić information content (AvgIpc) is 3.21. The van der Waals surface area contributed by atoms with Crippen LogP contribution in [-0.2, 0) is 29.3 Å². The maximum absolute atomic E-state index is 12.6. The van der Waals surface area contributed by atoms with E-state index in [0.29, 0.717) is 16.0 Å². The van der Waals surface area contributed by atoms with E-state index in [1.165, 1.54) is 48.5 Å². The molecule has 1 unspecified atom stereocenters. The molecule has 1 saturated heterocycles. The van der Waals surface area contributed by atoms with Crippen molar-refractivity contribution in [2.75, 3.05) is 0 Å². The normalized spacial score (nSPS) is 14.9. The maximum Gasteiger partial charge on any atom is 0.514 e. The Morgan fingerprint density at radius 2 is 1.63 bits per heavy atom. The Labute approximate surface area is 244 Å². The van der Waals surface area contributed by atoms with Crippen molar-refractivity contribution in [2.24, 2.45) is 0 Å². The molecule has 2 heterocycles. The highest BCUT2D eigenvalue weighted by atomic mass is 32.2. The molecule has 14 heteroatoms. The summed E-state index contributed by atoms with van der Waals surface area (Å²) < 4.78 is 51.8. The fourth-order valence-corrected chi connectivity index (χ4v) is 5.25. The van der Waals surface area contributed by atoms with Gasteiger partial charge in [-0.3, -0.25) is 18.9 Å². The molecule has 43 heavy (non-hydrogen) atoms. The molecule has 0 radical (unpaired) electrons. The predicted octanol–water partition coefficient (Wildman–Crippen LogP) is 4.20. The van der Waals surface area contributed by atoms with Gasteiger partial charge in [-0.25, -0.2) is 9.63 Å². The molecule has 0 aromatic heterocycles. The van der Waals surface area contributed by atoms with Gasteiger partial charge in [-0.15, -0.1) is 0 Å². The van der Waals surface area contributed by atoms with E-state index in [-0.39, 0.29) is 46.6 Å². The molecule has 13 nitrogen and oxygen atoms in total. The van der Waals surface area contributed by atoms with Crippen molar-refractivity contribution in [3.05, 3.63) is 70.4 Å². The Kier molecular flexibility index (Phi) is 7.56. The van der Waals surface area contributed by atoms with Gasteiger partial charge in [-0.2, -0.15) is 13.5 Å². The number of carbonyl (C=O) groups is 3. The van der Waals surface area contributed by atoms with E-state index in [1.54, 1.807) is 20.8 Å². The number of hydrogen-bond acceptors (Lipinski definition) is 11. The third kappa shape index (κ3) is 6.27. The summed E-state index contributed by atoms with van der Waals surface area (Å²) in [6.45, 7) is 4.99. The second kappa shape index (κ2) is 10.9. The van der Waals surface area contributed by atoms with Crippen molar-refractivity contribution in [1.29, 1.82) is 0 Å². The van der Waals surface area contributed by atoms with E-state index in [4.69, 9.17) is 18.7 Å². The topological polar surface area (TPSA) is 187 Å². The first-order chi connectivity index (χ1) is 20.1. The van der Waals surface area contributed by atoms with E-state index >= 15 is 0 Å². The van der Waals surface area contributed by atoms with Gasteiger partial charge in [-0.05, 0) is 51.1 Å². The van der Waals surface area contributed by atoms with E-state index in [0.717, 1.165) is 6.07 Å². The number of aliphatic hydroxyl groups is 1. The third-order valence-corrected chi connectivity index (χ3v) is 7.20. The Hall–Kier alpha value is -4.63. The summed E-state index contributed by atoms with van der Waals surface area (Å²) in [5.41, 5.74) is -0.837. The second-order valence-corrected chi connectivity index (χ2v) is 12.0. The highest BCUT2D eigenvalue weighted by Crippen LogP contribution is 2.43. The van der Waals surface area contributed by atoms with Crippen molar-refractivity contribution in [2.45, 2.75) is 50.4 Å². The van der Waals surface area contributed by atoms with Gasteiger partial charge in [0.2, 0.25) is 6.29 Å². The summed E-state index contributed by atoms with van der Waals surface area (Å²) in [5, 5.41) is 11.3. The number of nitrogens with zero attached hydrogens (tertiary/aromatic N) is 1. The molecular weight excluding hydrogens is 586 g/mol. The minimum Gasteiger partial charge on any atom is -0.456 e. The van der Waals surface area contributed by atoms with Gasteiger partial charge in [0.1, 0.15) is 27.6 Å². The molecule has 5 rings (SSSR count). The predicted molar refractivity (Wildman–Crippen MR) is 148 cm³/mol. The monoisotopic (exact) mass is 611 g/mol. The van der Waals surface area contributed by atoms with Gasteiger partial charge in [0.15, 0.2) is 5.43 Å². The lowest BCUT2D eigenvalue weighted by Crippen LogP contribution is -2.31. The van der Waals surface area contributed by atoms with Crippen molar-refractivity contribution in [1.82, 2.24) is 5.06 Å². The SMILES string of the molecule is CC(C)(C)OC(=O)Oc1ccc2c(-c3ccc(C(O)ON4C(=O)CCC4=O)cc3S(=O)(=O)O)c3ccc(=O)cc-3oc2c1. The van der Waals surface area contributed by atoms with E-state index < -0.39 is 50.3 Å². The number of aliphatic hydroxyl groups excluding tert-OH is 1. The molecule has 0 spiro atoms. The molecule has 2 amide bonds. The van der Waals surface area contributed by atoms with Crippen LogP contribution >= 0.6 is 0 Å². The smallest absolute Gasteiger partial charge is 0.456 e.